The lowest BCUT2D eigenvalue weighted by Crippen LogP contribution is -2.49. The van der Waals surface area contributed by atoms with Crippen molar-refractivity contribution in [3.63, 3.8) is 0 Å². The largest absolute Gasteiger partial charge is 0.478 e. The highest BCUT2D eigenvalue weighted by molar-refractivity contribution is 5.89. The number of fused-ring (bicyclic) bond motifs is 1. The minimum absolute atomic E-state index is 0.0423. The average Bonchev–Trinajstić information content (AvgIpc) is 3.32. The van der Waals surface area contributed by atoms with Crippen LogP contribution in [0.1, 0.15) is 41.5 Å². The van der Waals surface area contributed by atoms with E-state index in [9.17, 15) is 19.5 Å². The smallest absolute Gasteiger partial charge is 0.335 e. The molecule has 1 saturated heterocycles. The van der Waals surface area contributed by atoms with Crippen molar-refractivity contribution >= 4 is 17.8 Å². The lowest BCUT2D eigenvalue weighted by atomic mass is 10.1. The van der Waals surface area contributed by atoms with E-state index in [2.05, 4.69) is 9.97 Å². The molecule has 1 aromatic heterocycles. The number of aromatic nitrogens is 2. The molecule has 1 aromatic carbocycles. The van der Waals surface area contributed by atoms with Gasteiger partial charge >= 0.3 is 5.97 Å². The number of aromatic amines is 1. The zero-order valence-electron chi connectivity index (χ0n) is 15.6. The summed E-state index contributed by atoms with van der Waals surface area (Å²) < 4.78 is 0. The van der Waals surface area contributed by atoms with Crippen LogP contribution in [0.25, 0.3) is 11.4 Å². The van der Waals surface area contributed by atoms with Crippen molar-refractivity contribution in [1.82, 2.24) is 19.8 Å². The van der Waals surface area contributed by atoms with Crippen molar-refractivity contribution in [3.8, 4) is 11.4 Å². The van der Waals surface area contributed by atoms with Crippen LogP contribution >= 0.6 is 0 Å². The molecule has 2 aliphatic heterocycles. The zero-order valence-corrected chi connectivity index (χ0v) is 15.6. The second kappa shape index (κ2) is 7.10. The van der Waals surface area contributed by atoms with Crippen LogP contribution in [0.2, 0.25) is 0 Å². The van der Waals surface area contributed by atoms with E-state index in [1.54, 1.807) is 34.9 Å². The third-order valence-corrected chi connectivity index (χ3v) is 5.46. The van der Waals surface area contributed by atoms with Crippen LogP contribution in [0.3, 0.4) is 0 Å². The van der Waals surface area contributed by atoms with E-state index >= 15 is 0 Å². The maximum absolute atomic E-state index is 12.9. The molecule has 2 amide bonds. The minimum Gasteiger partial charge on any atom is -0.478 e. The first kappa shape index (κ1) is 18.2. The summed E-state index contributed by atoms with van der Waals surface area (Å²) in [5, 5.41) is 9.17. The molecule has 2 aromatic rings. The van der Waals surface area contributed by atoms with E-state index in [0.29, 0.717) is 43.9 Å². The van der Waals surface area contributed by atoms with Crippen LogP contribution < -0.4 is 0 Å². The van der Waals surface area contributed by atoms with Crippen molar-refractivity contribution < 1.29 is 19.5 Å². The molecule has 0 aliphatic carbocycles. The van der Waals surface area contributed by atoms with Crippen LogP contribution in [0.15, 0.2) is 24.3 Å². The van der Waals surface area contributed by atoms with E-state index in [-0.39, 0.29) is 17.4 Å². The Morgan fingerprint density at radius 3 is 2.79 bits per heavy atom. The van der Waals surface area contributed by atoms with E-state index in [1.807, 2.05) is 0 Å². The van der Waals surface area contributed by atoms with Crippen LogP contribution in [-0.4, -0.2) is 61.8 Å². The zero-order chi connectivity index (χ0) is 19.8. The van der Waals surface area contributed by atoms with Gasteiger partial charge in [0.15, 0.2) is 0 Å². The van der Waals surface area contributed by atoms with Gasteiger partial charge in [0.25, 0.3) is 0 Å². The molecule has 8 heteroatoms. The quantitative estimate of drug-likeness (QED) is 0.837. The van der Waals surface area contributed by atoms with Crippen molar-refractivity contribution in [3.05, 3.63) is 41.2 Å². The van der Waals surface area contributed by atoms with Gasteiger partial charge in [0, 0.05) is 31.5 Å². The molecule has 2 N–H and O–H groups in total. The topological polar surface area (TPSA) is 107 Å². The SMILES string of the molecule is C[C@@H](C(=O)N1CCc2nc(-c3cccc(C(=O)O)c3)[nH]c2C1)N1CCCC1=O. The van der Waals surface area contributed by atoms with Crippen LogP contribution in [0.5, 0.6) is 0 Å². The lowest BCUT2D eigenvalue weighted by Gasteiger charge is -2.32. The number of carbonyl (C=O) groups excluding carboxylic acids is 2. The van der Waals surface area contributed by atoms with Gasteiger partial charge in [-0.3, -0.25) is 9.59 Å². The molecule has 0 saturated carbocycles. The number of nitrogens with one attached hydrogen (secondary N) is 1. The molecular weight excluding hydrogens is 360 g/mol. The molecule has 8 nitrogen and oxygen atoms in total. The van der Waals surface area contributed by atoms with Gasteiger partial charge in [-0.2, -0.15) is 0 Å². The highest BCUT2D eigenvalue weighted by atomic mass is 16.4. The summed E-state index contributed by atoms with van der Waals surface area (Å²) in [5.41, 5.74) is 2.65. The summed E-state index contributed by atoms with van der Waals surface area (Å²) in [4.78, 5) is 47.3. The van der Waals surface area contributed by atoms with Crippen molar-refractivity contribution in [1.29, 1.82) is 0 Å². The number of imidazole rings is 1. The Balaban J connectivity index is 1.52. The van der Waals surface area contributed by atoms with E-state index < -0.39 is 12.0 Å². The Kier molecular flexibility index (Phi) is 4.62. The summed E-state index contributed by atoms with van der Waals surface area (Å²) in [6.07, 6.45) is 1.94. The van der Waals surface area contributed by atoms with Gasteiger partial charge in [0.05, 0.1) is 23.5 Å². The van der Waals surface area contributed by atoms with E-state index in [0.717, 1.165) is 17.8 Å². The number of rotatable bonds is 4. The van der Waals surface area contributed by atoms with Crippen LogP contribution in [0.4, 0.5) is 0 Å². The van der Waals surface area contributed by atoms with Crippen LogP contribution in [0, 0.1) is 0 Å². The standard InChI is InChI=1S/C20H22N4O4/c1-12(24-8-3-6-17(24)25)19(26)23-9-7-15-16(11-23)22-18(21-15)13-4-2-5-14(10-13)20(27)28/h2,4-5,10,12H,3,6-9,11H2,1H3,(H,21,22)(H,27,28)/t12-/m0/s1. The Bertz CT molecular complexity index is 951. The molecule has 1 fully saturated rings. The van der Waals surface area contributed by atoms with E-state index in [1.165, 1.54) is 6.07 Å². The number of carboxylic acids is 1. The fourth-order valence-electron chi connectivity index (χ4n) is 3.89. The minimum atomic E-state index is -0.986. The first-order chi connectivity index (χ1) is 13.4. The molecule has 0 spiro atoms. The van der Waals surface area contributed by atoms with Gasteiger partial charge in [-0.1, -0.05) is 12.1 Å². The summed E-state index contributed by atoms with van der Waals surface area (Å²) in [6.45, 7) is 3.39. The van der Waals surface area contributed by atoms with Crippen molar-refractivity contribution in [2.24, 2.45) is 0 Å². The second-order valence-electron chi connectivity index (χ2n) is 7.27. The monoisotopic (exact) mass is 382 g/mol. The average molecular weight is 382 g/mol. The van der Waals surface area contributed by atoms with Gasteiger partial charge in [-0.25, -0.2) is 9.78 Å². The molecule has 0 bridgehead atoms. The Hall–Kier alpha value is -3.16. The molecule has 28 heavy (non-hydrogen) atoms. The molecule has 0 unspecified atom stereocenters. The molecule has 3 heterocycles. The number of nitrogens with zero attached hydrogens (tertiary/aromatic N) is 3. The van der Waals surface area contributed by atoms with Gasteiger partial charge in [0.1, 0.15) is 11.9 Å². The summed E-state index contributed by atoms with van der Waals surface area (Å²) in [6, 6.07) is 6.16. The van der Waals surface area contributed by atoms with Gasteiger partial charge in [0.2, 0.25) is 11.8 Å². The number of hydrogen-bond donors (Lipinski definition) is 2. The number of H-pyrrole nitrogens is 1. The second-order valence-corrected chi connectivity index (χ2v) is 7.27. The first-order valence-corrected chi connectivity index (χ1v) is 9.44. The highest BCUT2D eigenvalue weighted by Crippen LogP contribution is 2.25. The van der Waals surface area contributed by atoms with Gasteiger partial charge in [-0.15, -0.1) is 0 Å². The highest BCUT2D eigenvalue weighted by Gasteiger charge is 2.33. The normalized spacial score (nSPS) is 17.5. The van der Waals surface area contributed by atoms with E-state index in [4.69, 9.17) is 0 Å². The number of likely N-dealkylation sites (tertiary alicyclic amines) is 1. The first-order valence-electron chi connectivity index (χ1n) is 9.44. The lowest BCUT2D eigenvalue weighted by molar-refractivity contribution is -0.143. The molecule has 0 radical (unpaired) electrons. The molecular formula is C20H22N4O4. The Morgan fingerprint density at radius 1 is 1.25 bits per heavy atom. The molecule has 4 rings (SSSR count). The fraction of sp³-hybridized carbons (Fsp3) is 0.400. The fourth-order valence-corrected chi connectivity index (χ4v) is 3.89. The Labute approximate surface area is 162 Å². The Morgan fingerprint density at radius 2 is 2.07 bits per heavy atom. The summed E-state index contributed by atoms with van der Waals surface area (Å²) in [7, 11) is 0. The number of hydrogen-bond acceptors (Lipinski definition) is 4. The summed E-state index contributed by atoms with van der Waals surface area (Å²) in [5.74, 6) is -0.392. The van der Waals surface area contributed by atoms with Crippen molar-refractivity contribution in [2.45, 2.75) is 38.8 Å². The maximum Gasteiger partial charge on any atom is 0.335 e. The number of benzene rings is 1. The summed E-state index contributed by atoms with van der Waals surface area (Å²) >= 11 is 0. The third kappa shape index (κ3) is 3.26. The number of carboxylic acid groups (broad SMARTS) is 1. The number of carbonyl (C=O) groups is 3. The van der Waals surface area contributed by atoms with Crippen molar-refractivity contribution in [2.75, 3.05) is 13.1 Å². The molecule has 1 atom stereocenters. The van der Waals surface area contributed by atoms with Crippen LogP contribution in [-0.2, 0) is 22.6 Å². The number of aromatic carboxylic acids is 1. The maximum atomic E-state index is 12.9. The van der Waals surface area contributed by atoms with Gasteiger partial charge in [-0.05, 0) is 25.5 Å². The molecule has 2 aliphatic rings. The third-order valence-electron chi connectivity index (χ3n) is 5.46. The molecule has 146 valence electrons. The number of amides is 2. The predicted octanol–water partition coefficient (Wildman–Crippen LogP) is 1.67. The predicted molar refractivity (Wildman–Crippen MR) is 101 cm³/mol. The van der Waals surface area contributed by atoms with Gasteiger partial charge < -0.3 is 19.9 Å².